The highest BCUT2D eigenvalue weighted by molar-refractivity contribution is 7.98. The predicted molar refractivity (Wildman–Crippen MR) is 70.3 cm³/mol. The standard InChI is InChI=1S/C10H16N2O2S2/c1-3-8(7-15-2)11-6-9-4-5-10(16-9)12(13)14/h4-5,8,11H,3,6-7H2,1-2H3. The van der Waals surface area contributed by atoms with Gasteiger partial charge in [0.25, 0.3) is 0 Å². The van der Waals surface area contributed by atoms with Crippen molar-refractivity contribution in [3.8, 4) is 0 Å². The first kappa shape index (κ1) is 13.5. The molecule has 0 spiro atoms. The maximum atomic E-state index is 10.5. The summed E-state index contributed by atoms with van der Waals surface area (Å²) in [5.41, 5.74) is 0. The number of thioether (sulfide) groups is 1. The Morgan fingerprint density at radius 1 is 1.62 bits per heavy atom. The molecule has 1 aromatic rings. The third-order valence-corrected chi connectivity index (χ3v) is 4.03. The molecular formula is C10H16N2O2S2. The van der Waals surface area contributed by atoms with Crippen LogP contribution in [0.2, 0.25) is 0 Å². The topological polar surface area (TPSA) is 55.2 Å². The highest BCUT2D eigenvalue weighted by Gasteiger charge is 2.10. The van der Waals surface area contributed by atoms with Gasteiger partial charge in [-0.1, -0.05) is 18.3 Å². The highest BCUT2D eigenvalue weighted by atomic mass is 32.2. The molecule has 6 heteroatoms. The molecule has 0 saturated carbocycles. The van der Waals surface area contributed by atoms with E-state index < -0.39 is 0 Å². The van der Waals surface area contributed by atoms with E-state index in [-0.39, 0.29) is 9.92 Å². The largest absolute Gasteiger partial charge is 0.324 e. The summed E-state index contributed by atoms with van der Waals surface area (Å²) in [5, 5.41) is 14.1. The van der Waals surface area contributed by atoms with Gasteiger partial charge in [0.2, 0.25) is 0 Å². The quantitative estimate of drug-likeness (QED) is 0.605. The number of hydrogen-bond acceptors (Lipinski definition) is 5. The minimum Gasteiger partial charge on any atom is -0.308 e. The molecule has 0 aliphatic rings. The molecular weight excluding hydrogens is 244 g/mol. The van der Waals surface area contributed by atoms with Gasteiger partial charge in [-0.25, -0.2) is 0 Å². The minimum atomic E-state index is -0.340. The van der Waals surface area contributed by atoms with Crippen LogP contribution in [0.1, 0.15) is 18.2 Å². The Balaban J connectivity index is 2.44. The smallest absolute Gasteiger partial charge is 0.308 e. The van der Waals surface area contributed by atoms with E-state index in [9.17, 15) is 10.1 Å². The van der Waals surface area contributed by atoms with E-state index in [1.807, 2.05) is 17.8 Å². The maximum absolute atomic E-state index is 10.5. The Labute approximate surface area is 104 Å². The number of nitro groups is 1. The molecule has 0 amide bonds. The third-order valence-electron chi connectivity index (χ3n) is 2.25. The van der Waals surface area contributed by atoms with Gasteiger partial charge in [-0.3, -0.25) is 10.1 Å². The molecule has 1 heterocycles. The molecule has 1 rings (SSSR count). The van der Waals surface area contributed by atoms with Crippen molar-refractivity contribution in [3.63, 3.8) is 0 Å². The molecule has 1 aromatic heterocycles. The van der Waals surface area contributed by atoms with Crippen molar-refractivity contribution in [1.82, 2.24) is 5.32 Å². The first-order chi connectivity index (χ1) is 7.67. The fraction of sp³-hybridized carbons (Fsp3) is 0.600. The van der Waals surface area contributed by atoms with Crippen molar-refractivity contribution >= 4 is 28.1 Å². The van der Waals surface area contributed by atoms with E-state index in [0.717, 1.165) is 23.6 Å². The summed E-state index contributed by atoms with van der Waals surface area (Å²) in [7, 11) is 0. The SMILES string of the molecule is CCC(CSC)NCc1ccc([N+](=O)[O-])s1. The van der Waals surface area contributed by atoms with Gasteiger partial charge in [0.1, 0.15) is 0 Å². The van der Waals surface area contributed by atoms with Gasteiger partial charge in [-0.05, 0) is 18.7 Å². The van der Waals surface area contributed by atoms with Crippen LogP contribution in [0.4, 0.5) is 5.00 Å². The van der Waals surface area contributed by atoms with Crippen LogP contribution in [0.25, 0.3) is 0 Å². The van der Waals surface area contributed by atoms with Crippen LogP contribution >= 0.6 is 23.1 Å². The number of rotatable bonds is 7. The Bertz CT molecular complexity index is 341. The Kier molecular flexibility index (Phi) is 5.79. The lowest BCUT2D eigenvalue weighted by molar-refractivity contribution is -0.380. The number of nitrogens with one attached hydrogen (secondary N) is 1. The minimum absolute atomic E-state index is 0.217. The average Bonchev–Trinajstić information content (AvgIpc) is 2.73. The molecule has 0 aromatic carbocycles. The van der Waals surface area contributed by atoms with Crippen molar-refractivity contribution in [2.75, 3.05) is 12.0 Å². The fourth-order valence-electron chi connectivity index (χ4n) is 1.33. The van der Waals surface area contributed by atoms with Crippen LogP contribution in [0, 0.1) is 10.1 Å². The molecule has 1 N–H and O–H groups in total. The molecule has 90 valence electrons. The third kappa shape index (κ3) is 4.11. The van der Waals surface area contributed by atoms with Gasteiger partial charge in [0.15, 0.2) is 0 Å². The van der Waals surface area contributed by atoms with Gasteiger partial charge in [0.05, 0.1) is 4.92 Å². The summed E-state index contributed by atoms with van der Waals surface area (Å²) in [5.74, 6) is 1.07. The van der Waals surface area contributed by atoms with Crippen LogP contribution in [-0.4, -0.2) is 23.0 Å². The zero-order valence-corrected chi connectivity index (χ0v) is 11.1. The van der Waals surface area contributed by atoms with Crippen LogP contribution in [0.3, 0.4) is 0 Å². The van der Waals surface area contributed by atoms with Crippen LogP contribution < -0.4 is 5.32 Å². The van der Waals surface area contributed by atoms with Crippen molar-refractivity contribution in [2.24, 2.45) is 0 Å². The molecule has 1 atom stereocenters. The maximum Gasteiger partial charge on any atom is 0.324 e. The zero-order valence-electron chi connectivity index (χ0n) is 9.43. The highest BCUT2D eigenvalue weighted by Crippen LogP contribution is 2.23. The predicted octanol–water partition coefficient (Wildman–Crippen LogP) is 2.89. The van der Waals surface area contributed by atoms with Gasteiger partial charge < -0.3 is 5.32 Å². The molecule has 1 unspecified atom stereocenters. The Morgan fingerprint density at radius 3 is 2.88 bits per heavy atom. The first-order valence-corrected chi connectivity index (χ1v) is 7.33. The van der Waals surface area contributed by atoms with Crippen molar-refractivity contribution in [1.29, 1.82) is 0 Å². The number of thiophene rings is 1. The zero-order chi connectivity index (χ0) is 12.0. The van der Waals surface area contributed by atoms with E-state index in [1.54, 1.807) is 6.07 Å². The van der Waals surface area contributed by atoms with Crippen LogP contribution in [0.15, 0.2) is 12.1 Å². The molecule has 0 aliphatic carbocycles. The second-order valence-corrected chi connectivity index (χ2v) is 5.50. The summed E-state index contributed by atoms with van der Waals surface area (Å²) in [6, 6.07) is 3.87. The summed E-state index contributed by atoms with van der Waals surface area (Å²) in [6.07, 6.45) is 3.16. The van der Waals surface area contributed by atoms with Crippen molar-refractivity contribution in [3.05, 3.63) is 27.1 Å². The van der Waals surface area contributed by atoms with E-state index in [0.29, 0.717) is 6.04 Å². The number of hydrogen-bond donors (Lipinski definition) is 1. The lowest BCUT2D eigenvalue weighted by atomic mass is 10.2. The lowest BCUT2D eigenvalue weighted by Gasteiger charge is -2.14. The second kappa shape index (κ2) is 6.88. The summed E-state index contributed by atoms with van der Waals surface area (Å²) >= 11 is 3.06. The van der Waals surface area contributed by atoms with E-state index in [2.05, 4.69) is 18.5 Å². The summed E-state index contributed by atoms with van der Waals surface area (Å²) in [6.45, 7) is 2.86. The number of nitrogens with zero attached hydrogens (tertiary/aromatic N) is 1. The van der Waals surface area contributed by atoms with E-state index in [4.69, 9.17) is 0 Å². The lowest BCUT2D eigenvalue weighted by Crippen LogP contribution is -2.29. The van der Waals surface area contributed by atoms with Gasteiger partial charge in [0, 0.05) is 29.3 Å². The molecule has 0 bridgehead atoms. The summed E-state index contributed by atoms with van der Waals surface area (Å²) < 4.78 is 0. The van der Waals surface area contributed by atoms with Crippen LogP contribution in [0.5, 0.6) is 0 Å². The van der Waals surface area contributed by atoms with Gasteiger partial charge in [-0.15, -0.1) is 0 Å². The molecule has 16 heavy (non-hydrogen) atoms. The van der Waals surface area contributed by atoms with Gasteiger partial charge in [-0.2, -0.15) is 11.8 Å². The normalized spacial score (nSPS) is 12.6. The molecule has 4 nitrogen and oxygen atoms in total. The Morgan fingerprint density at radius 2 is 2.38 bits per heavy atom. The fourth-order valence-corrected chi connectivity index (χ4v) is 2.85. The molecule has 0 radical (unpaired) electrons. The summed E-state index contributed by atoms with van der Waals surface area (Å²) in [4.78, 5) is 11.2. The van der Waals surface area contributed by atoms with Crippen molar-refractivity contribution in [2.45, 2.75) is 25.9 Å². The van der Waals surface area contributed by atoms with E-state index >= 15 is 0 Å². The molecule has 0 fully saturated rings. The van der Waals surface area contributed by atoms with Crippen LogP contribution in [-0.2, 0) is 6.54 Å². The van der Waals surface area contributed by atoms with E-state index in [1.165, 1.54) is 11.3 Å². The molecule has 0 saturated heterocycles. The van der Waals surface area contributed by atoms with Crippen molar-refractivity contribution < 1.29 is 4.92 Å². The second-order valence-electron chi connectivity index (χ2n) is 3.44. The van der Waals surface area contributed by atoms with Gasteiger partial charge >= 0.3 is 5.00 Å². The monoisotopic (exact) mass is 260 g/mol. The average molecular weight is 260 g/mol. The first-order valence-electron chi connectivity index (χ1n) is 5.12. The Hall–Kier alpha value is -0.590. The molecule has 0 aliphatic heterocycles.